The molecule has 0 unspecified atom stereocenters. The minimum Gasteiger partial charge on any atom is -0.372 e. The van der Waals surface area contributed by atoms with Crippen molar-refractivity contribution < 1.29 is 13.2 Å². The molecule has 1 aromatic heterocycles. The Morgan fingerprint density at radius 3 is 2.33 bits per heavy atom. The highest BCUT2D eigenvalue weighted by Crippen LogP contribution is 2.34. The topological polar surface area (TPSA) is 25.2 Å². The lowest BCUT2D eigenvalue weighted by Gasteiger charge is -2.24. The van der Waals surface area contributed by atoms with Crippen molar-refractivity contribution in [1.29, 1.82) is 0 Å². The summed E-state index contributed by atoms with van der Waals surface area (Å²) in [5, 5.41) is 0.0329. The SMILES string of the molecule is CC(C)N(C)c1ccc2c(C(F)(F)F)cc(=O)n(C)c2c1. The van der Waals surface area contributed by atoms with E-state index in [1.54, 1.807) is 12.1 Å². The Kier molecular flexibility index (Phi) is 3.74. The smallest absolute Gasteiger partial charge is 0.372 e. The highest BCUT2D eigenvalue weighted by molar-refractivity contribution is 5.86. The number of fused-ring (bicyclic) bond motifs is 1. The van der Waals surface area contributed by atoms with Gasteiger partial charge in [-0.3, -0.25) is 4.79 Å². The summed E-state index contributed by atoms with van der Waals surface area (Å²) in [7, 11) is 3.33. The van der Waals surface area contributed by atoms with Gasteiger partial charge in [0.25, 0.3) is 5.56 Å². The van der Waals surface area contributed by atoms with Gasteiger partial charge >= 0.3 is 6.18 Å². The fraction of sp³-hybridized carbons (Fsp3) is 0.400. The average molecular weight is 298 g/mol. The van der Waals surface area contributed by atoms with Crippen LogP contribution in [-0.2, 0) is 13.2 Å². The molecule has 2 aromatic rings. The Morgan fingerprint density at radius 1 is 1.19 bits per heavy atom. The Balaban J connectivity index is 2.79. The van der Waals surface area contributed by atoms with Crippen LogP contribution in [0, 0.1) is 0 Å². The van der Waals surface area contributed by atoms with E-state index in [0.717, 1.165) is 5.69 Å². The second-order valence-electron chi connectivity index (χ2n) is 5.36. The molecule has 6 heteroatoms. The van der Waals surface area contributed by atoms with E-state index < -0.39 is 17.3 Å². The maximum absolute atomic E-state index is 13.1. The van der Waals surface area contributed by atoms with Gasteiger partial charge in [0.2, 0.25) is 0 Å². The molecular formula is C15H17F3N2O. The van der Waals surface area contributed by atoms with Gasteiger partial charge in [-0.25, -0.2) is 0 Å². The van der Waals surface area contributed by atoms with Crippen molar-refractivity contribution in [3.8, 4) is 0 Å². The van der Waals surface area contributed by atoms with Gasteiger partial charge in [-0.2, -0.15) is 13.2 Å². The Bertz CT molecular complexity index is 732. The summed E-state index contributed by atoms with van der Waals surface area (Å²) in [6.07, 6.45) is -4.54. The maximum atomic E-state index is 13.1. The molecule has 1 heterocycles. The Morgan fingerprint density at radius 2 is 1.81 bits per heavy atom. The third-order valence-corrected chi connectivity index (χ3v) is 3.72. The molecule has 3 nitrogen and oxygen atoms in total. The maximum Gasteiger partial charge on any atom is 0.417 e. The molecule has 0 atom stereocenters. The summed E-state index contributed by atoms with van der Waals surface area (Å²) in [5.41, 5.74) is -0.509. The third-order valence-electron chi connectivity index (χ3n) is 3.72. The fourth-order valence-corrected chi connectivity index (χ4v) is 2.19. The van der Waals surface area contributed by atoms with Crippen LogP contribution >= 0.6 is 0 Å². The van der Waals surface area contributed by atoms with Gasteiger partial charge in [0, 0.05) is 37.3 Å². The van der Waals surface area contributed by atoms with E-state index in [1.165, 1.54) is 17.7 Å². The van der Waals surface area contributed by atoms with E-state index in [1.807, 2.05) is 25.8 Å². The molecule has 2 rings (SSSR count). The van der Waals surface area contributed by atoms with Crippen LogP contribution in [0.2, 0.25) is 0 Å². The van der Waals surface area contributed by atoms with Crippen LogP contribution < -0.4 is 10.5 Å². The quantitative estimate of drug-likeness (QED) is 0.849. The van der Waals surface area contributed by atoms with Crippen LogP contribution in [0.5, 0.6) is 0 Å². The van der Waals surface area contributed by atoms with Crippen molar-refractivity contribution in [3.63, 3.8) is 0 Å². The predicted molar refractivity (Wildman–Crippen MR) is 77.7 cm³/mol. The molecule has 0 fully saturated rings. The summed E-state index contributed by atoms with van der Waals surface area (Å²) in [6.45, 7) is 3.96. The van der Waals surface area contributed by atoms with Gasteiger partial charge in [0.15, 0.2) is 0 Å². The molecule has 0 bridgehead atoms. The highest BCUT2D eigenvalue weighted by atomic mass is 19.4. The van der Waals surface area contributed by atoms with E-state index in [2.05, 4.69) is 0 Å². The van der Waals surface area contributed by atoms with E-state index >= 15 is 0 Å². The number of anilines is 1. The summed E-state index contributed by atoms with van der Waals surface area (Å²) in [6, 6.07) is 5.53. The number of pyridine rings is 1. The summed E-state index contributed by atoms with van der Waals surface area (Å²) in [4.78, 5) is 13.7. The van der Waals surface area contributed by atoms with Crippen LogP contribution in [0.25, 0.3) is 10.9 Å². The molecule has 114 valence electrons. The third kappa shape index (κ3) is 2.75. The average Bonchev–Trinajstić information content (AvgIpc) is 2.40. The molecule has 0 aliphatic heterocycles. The minimum absolute atomic E-state index is 0.0329. The first-order valence-corrected chi connectivity index (χ1v) is 6.56. The molecule has 21 heavy (non-hydrogen) atoms. The zero-order chi connectivity index (χ0) is 15.9. The summed E-state index contributed by atoms with van der Waals surface area (Å²) in [5.74, 6) is 0. The lowest BCUT2D eigenvalue weighted by atomic mass is 10.1. The van der Waals surface area contributed by atoms with Gasteiger partial charge in [-0.15, -0.1) is 0 Å². The Hall–Kier alpha value is -1.98. The number of benzene rings is 1. The molecule has 0 saturated heterocycles. The van der Waals surface area contributed by atoms with Gasteiger partial charge < -0.3 is 9.47 Å². The van der Waals surface area contributed by atoms with Gasteiger partial charge in [-0.05, 0) is 26.0 Å². The van der Waals surface area contributed by atoms with Crippen molar-refractivity contribution in [1.82, 2.24) is 4.57 Å². The van der Waals surface area contributed by atoms with Crippen molar-refractivity contribution in [3.05, 3.63) is 40.2 Å². The molecule has 0 saturated carbocycles. The summed E-state index contributed by atoms with van der Waals surface area (Å²) < 4.78 is 40.4. The Labute approximate surface area is 120 Å². The van der Waals surface area contributed by atoms with Gasteiger partial charge in [0.1, 0.15) is 0 Å². The van der Waals surface area contributed by atoms with Crippen LogP contribution in [0.15, 0.2) is 29.1 Å². The largest absolute Gasteiger partial charge is 0.417 e. The van der Waals surface area contributed by atoms with Crippen LogP contribution in [0.4, 0.5) is 18.9 Å². The summed E-state index contributed by atoms with van der Waals surface area (Å²) >= 11 is 0. The van der Waals surface area contributed by atoms with Gasteiger partial charge in [-0.1, -0.05) is 6.07 Å². The standard InChI is InChI=1S/C15H17F3N2O/c1-9(2)19(3)10-5-6-11-12(15(16,17)18)8-14(21)20(4)13(11)7-10/h5-9H,1-4H3. The van der Waals surface area contributed by atoms with E-state index in [4.69, 9.17) is 0 Å². The molecule has 0 aliphatic rings. The second kappa shape index (κ2) is 5.09. The van der Waals surface area contributed by atoms with Crippen LogP contribution in [0.3, 0.4) is 0 Å². The zero-order valence-corrected chi connectivity index (χ0v) is 12.3. The second-order valence-corrected chi connectivity index (χ2v) is 5.36. The number of aryl methyl sites for hydroxylation is 1. The first-order valence-electron chi connectivity index (χ1n) is 6.56. The highest BCUT2D eigenvalue weighted by Gasteiger charge is 2.33. The number of halogens is 3. The van der Waals surface area contributed by atoms with Crippen LogP contribution in [-0.4, -0.2) is 17.7 Å². The number of rotatable bonds is 2. The number of nitrogens with zero attached hydrogens (tertiary/aromatic N) is 2. The number of hydrogen-bond donors (Lipinski definition) is 0. The first kappa shape index (κ1) is 15.4. The first-order chi connectivity index (χ1) is 9.62. The molecule has 0 N–H and O–H groups in total. The van der Waals surface area contributed by atoms with Crippen molar-refractivity contribution in [2.24, 2.45) is 7.05 Å². The monoisotopic (exact) mass is 298 g/mol. The minimum atomic E-state index is -4.54. The van der Waals surface area contributed by atoms with E-state index in [0.29, 0.717) is 6.07 Å². The fourth-order valence-electron chi connectivity index (χ4n) is 2.19. The molecular weight excluding hydrogens is 281 g/mol. The molecule has 0 amide bonds. The lowest BCUT2D eigenvalue weighted by molar-refractivity contribution is -0.136. The van der Waals surface area contributed by atoms with E-state index in [-0.39, 0.29) is 16.9 Å². The molecule has 0 spiro atoms. The van der Waals surface area contributed by atoms with Crippen molar-refractivity contribution in [2.45, 2.75) is 26.1 Å². The zero-order valence-electron chi connectivity index (χ0n) is 12.3. The normalized spacial score (nSPS) is 12.2. The molecule has 1 aromatic carbocycles. The van der Waals surface area contributed by atoms with Crippen LogP contribution in [0.1, 0.15) is 19.4 Å². The molecule has 0 radical (unpaired) electrons. The number of alkyl halides is 3. The lowest BCUT2D eigenvalue weighted by Crippen LogP contribution is -2.26. The number of aromatic nitrogens is 1. The van der Waals surface area contributed by atoms with E-state index in [9.17, 15) is 18.0 Å². The van der Waals surface area contributed by atoms with Crippen molar-refractivity contribution in [2.75, 3.05) is 11.9 Å². The van der Waals surface area contributed by atoms with Gasteiger partial charge in [0.05, 0.1) is 11.1 Å². The predicted octanol–water partition coefficient (Wildman–Crippen LogP) is 3.40. The number of hydrogen-bond acceptors (Lipinski definition) is 2. The molecule has 0 aliphatic carbocycles. The van der Waals surface area contributed by atoms with Crippen molar-refractivity contribution >= 4 is 16.6 Å².